The molecular formula is C16H18N2O6S. The molecule has 1 aliphatic rings. The fraction of sp³-hybridized carbons (Fsp3) is 0.312. The molecule has 0 bridgehead atoms. The zero-order chi connectivity index (χ0) is 17.9. The standard InChI is InChI=1S/C16H18N2O6S/c19-15(20)12-24-14-4-1-3-13(11-14)17-6-8-18(9-7-17)25(21,22)16-5-2-10-23-16/h1-5,10-11H,6-9,12H2,(H,19,20). The average Bonchev–Trinajstić information content (AvgIpc) is 3.16. The van der Waals surface area contributed by atoms with E-state index in [4.69, 9.17) is 14.3 Å². The van der Waals surface area contributed by atoms with Crippen LogP contribution in [0.3, 0.4) is 0 Å². The van der Waals surface area contributed by atoms with E-state index < -0.39 is 22.6 Å². The SMILES string of the molecule is O=C(O)COc1cccc(N2CCN(S(=O)(=O)c3ccco3)CC2)c1. The Balaban J connectivity index is 1.64. The van der Waals surface area contributed by atoms with E-state index in [2.05, 4.69) is 0 Å². The third-order valence-electron chi connectivity index (χ3n) is 3.87. The second-order valence-corrected chi connectivity index (χ2v) is 7.37. The van der Waals surface area contributed by atoms with Crippen LogP contribution in [0.15, 0.2) is 52.2 Å². The molecule has 0 amide bonds. The van der Waals surface area contributed by atoms with Gasteiger partial charge in [-0.3, -0.25) is 0 Å². The summed E-state index contributed by atoms with van der Waals surface area (Å²) in [5, 5.41) is 8.62. The molecule has 1 aliphatic heterocycles. The van der Waals surface area contributed by atoms with Gasteiger partial charge in [0.05, 0.1) is 6.26 Å². The monoisotopic (exact) mass is 366 g/mol. The molecule has 2 aromatic rings. The predicted octanol–water partition coefficient (Wildman–Crippen LogP) is 1.25. The molecule has 9 heteroatoms. The average molecular weight is 366 g/mol. The summed E-state index contributed by atoms with van der Waals surface area (Å²) in [7, 11) is -3.60. The second kappa shape index (κ2) is 7.16. The third-order valence-corrected chi connectivity index (χ3v) is 5.66. The maximum Gasteiger partial charge on any atom is 0.341 e. The molecule has 134 valence electrons. The number of carboxylic acid groups (broad SMARTS) is 1. The highest BCUT2D eigenvalue weighted by molar-refractivity contribution is 7.89. The highest BCUT2D eigenvalue weighted by Gasteiger charge is 2.30. The van der Waals surface area contributed by atoms with Gasteiger partial charge in [0.2, 0.25) is 5.09 Å². The Hall–Kier alpha value is -2.52. The van der Waals surface area contributed by atoms with Gasteiger partial charge in [0.15, 0.2) is 6.61 Å². The van der Waals surface area contributed by atoms with Gasteiger partial charge >= 0.3 is 5.97 Å². The van der Waals surface area contributed by atoms with Gasteiger partial charge in [-0.2, -0.15) is 4.31 Å². The van der Waals surface area contributed by atoms with E-state index >= 15 is 0 Å². The number of hydrogen-bond acceptors (Lipinski definition) is 6. The van der Waals surface area contributed by atoms with Crippen molar-refractivity contribution in [1.82, 2.24) is 4.31 Å². The lowest BCUT2D eigenvalue weighted by Gasteiger charge is -2.35. The molecule has 0 radical (unpaired) electrons. The number of hydrogen-bond donors (Lipinski definition) is 1. The highest BCUT2D eigenvalue weighted by Crippen LogP contribution is 2.24. The van der Waals surface area contributed by atoms with E-state index in [1.807, 2.05) is 11.0 Å². The van der Waals surface area contributed by atoms with E-state index in [9.17, 15) is 13.2 Å². The number of benzene rings is 1. The lowest BCUT2D eigenvalue weighted by atomic mass is 10.2. The fourth-order valence-electron chi connectivity index (χ4n) is 2.64. The molecule has 8 nitrogen and oxygen atoms in total. The van der Waals surface area contributed by atoms with Gasteiger partial charge in [0.25, 0.3) is 10.0 Å². The summed E-state index contributed by atoms with van der Waals surface area (Å²) in [5.74, 6) is -0.576. The van der Waals surface area contributed by atoms with Crippen LogP contribution in [0.1, 0.15) is 0 Å². The number of sulfonamides is 1. The van der Waals surface area contributed by atoms with E-state index in [1.165, 1.54) is 16.6 Å². The van der Waals surface area contributed by atoms with Crippen molar-refractivity contribution in [3.63, 3.8) is 0 Å². The highest BCUT2D eigenvalue weighted by atomic mass is 32.2. The van der Waals surface area contributed by atoms with Crippen molar-refractivity contribution in [1.29, 1.82) is 0 Å². The minimum Gasteiger partial charge on any atom is -0.482 e. The normalized spacial score (nSPS) is 15.9. The number of anilines is 1. The van der Waals surface area contributed by atoms with E-state index in [0.29, 0.717) is 31.9 Å². The predicted molar refractivity (Wildman–Crippen MR) is 89.3 cm³/mol. The van der Waals surface area contributed by atoms with Gasteiger partial charge in [-0.15, -0.1) is 0 Å². The van der Waals surface area contributed by atoms with Crippen LogP contribution in [0, 0.1) is 0 Å². The number of rotatable bonds is 6. The minimum absolute atomic E-state index is 0.0509. The summed E-state index contributed by atoms with van der Waals surface area (Å²) >= 11 is 0. The first kappa shape index (κ1) is 17.3. The molecule has 1 aromatic heterocycles. The van der Waals surface area contributed by atoms with Crippen LogP contribution >= 0.6 is 0 Å². The first-order valence-corrected chi connectivity index (χ1v) is 9.14. The van der Waals surface area contributed by atoms with Crippen LogP contribution in [-0.2, 0) is 14.8 Å². The van der Waals surface area contributed by atoms with Gasteiger partial charge in [-0.25, -0.2) is 13.2 Å². The van der Waals surface area contributed by atoms with Crippen LogP contribution < -0.4 is 9.64 Å². The van der Waals surface area contributed by atoms with Crippen LogP contribution in [-0.4, -0.2) is 56.6 Å². The maximum absolute atomic E-state index is 12.4. The fourth-order valence-corrected chi connectivity index (χ4v) is 3.97. The van der Waals surface area contributed by atoms with Gasteiger partial charge in [-0.1, -0.05) is 6.07 Å². The first-order chi connectivity index (χ1) is 12.0. The number of ether oxygens (including phenoxy) is 1. The topological polar surface area (TPSA) is 100 Å². The van der Waals surface area contributed by atoms with E-state index in [1.54, 1.807) is 24.3 Å². The van der Waals surface area contributed by atoms with Gasteiger partial charge in [-0.05, 0) is 24.3 Å². The van der Waals surface area contributed by atoms with Gasteiger partial charge < -0.3 is 19.2 Å². The quantitative estimate of drug-likeness (QED) is 0.821. The molecule has 0 unspecified atom stereocenters. The van der Waals surface area contributed by atoms with Crippen molar-refractivity contribution >= 4 is 21.7 Å². The molecule has 1 fully saturated rings. The van der Waals surface area contributed by atoms with Gasteiger partial charge in [0.1, 0.15) is 5.75 Å². The minimum atomic E-state index is -3.60. The Labute approximate surface area is 145 Å². The van der Waals surface area contributed by atoms with Crippen molar-refractivity contribution in [3.05, 3.63) is 42.7 Å². The molecule has 0 atom stereocenters. The van der Waals surface area contributed by atoms with Crippen molar-refractivity contribution in [2.75, 3.05) is 37.7 Å². The Morgan fingerprint density at radius 1 is 1.16 bits per heavy atom. The van der Waals surface area contributed by atoms with Crippen LogP contribution in [0.4, 0.5) is 5.69 Å². The Kier molecular flexibility index (Phi) is 4.95. The molecule has 0 aliphatic carbocycles. The number of nitrogens with zero attached hydrogens (tertiary/aromatic N) is 2. The molecule has 25 heavy (non-hydrogen) atoms. The van der Waals surface area contributed by atoms with Crippen LogP contribution in [0.2, 0.25) is 0 Å². The molecule has 3 rings (SSSR count). The van der Waals surface area contributed by atoms with Crippen molar-refractivity contribution in [3.8, 4) is 5.75 Å². The van der Waals surface area contributed by atoms with Crippen LogP contribution in [0.25, 0.3) is 0 Å². The summed E-state index contributed by atoms with van der Waals surface area (Å²) in [4.78, 5) is 12.6. The number of carbonyl (C=O) groups is 1. The number of furan rings is 1. The Morgan fingerprint density at radius 2 is 1.92 bits per heavy atom. The summed E-state index contributed by atoms with van der Waals surface area (Å²) in [6.45, 7) is 1.30. The Bertz CT molecular complexity index is 826. The largest absolute Gasteiger partial charge is 0.482 e. The third kappa shape index (κ3) is 3.94. The lowest BCUT2D eigenvalue weighted by Crippen LogP contribution is -2.48. The summed E-state index contributed by atoms with van der Waals surface area (Å²) in [6.07, 6.45) is 1.34. The van der Waals surface area contributed by atoms with Crippen molar-refractivity contribution in [2.24, 2.45) is 0 Å². The van der Waals surface area contributed by atoms with Crippen molar-refractivity contribution < 1.29 is 27.5 Å². The maximum atomic E-state index is 12.4. The molecule has 2 heterocycles. The zero-order valence-electron chi connectivity index (χ0n) is 13.4. The molecule has 1 N–H and O–H groups in total. The van der Waals surface area contributed by atoms with Crippen molar-refractivity contribution in [2.45, 2.75) is 5.09 Å². The summed E-state index contributed by atoms with van der Waals surface area (Å²) in [5.41, 5.74) is 0.859. The van der Waals surface area contributed by atoms with E-state index in [-0.39, 0.29) is 5.09 Å². The molecule has 0 spiro atoms. The number of aliphatic carboxylic acids is 1. The molecule has 0 saturated carbocycles. The molecule has 1 saturated heterocycles. The number of carboxylic acids is 1. The molecule has 1 aromatic carbocycles. The summed E-state index contributed by atoms with van der Waals surface area (Å²) < 4.78 is 36.5. The van der Waals surface area contributed by atoms with Gasteiger partial charge in [0, 0.05) is 37.9 Å². The smallest absolute Gasteiger partial charge is 0.341 e. The molecular weight excluding hydrogens is 348 g/mol. The van der Waals surface area contributed by atoms with E-state index in [0.717, 1.165) is 5.69 Å². The number of piperazine rings is 1. The lowest BCUT2D eigenvalue weighted by molar-refractivity contribution is -0.139. The summed E-state index contributed by atoms with van der Waals surface area (Å²) in [6, 6.07) is 10.1. The second-order valence-electron chi connectivity index (χ2n) is 5.50. The Morgan fingerprint density at radius 3 is 2.56 bits per heavy atom. The zero-order valence-corrected chi connectivity index (χ0v) is 14.2. The van der Waals surface area contributed by atoms with Crippen LogP contribution in [0.5, 0.6) is 5.75 Å². The first-order valence-electron chi connectivity index (χ1n) is 7.70.